The molecule has 0 fully saturated rings. The zero-order valence-corrected chi connectivity index (χ0v) is 8.02. The summed E-state index contributed by atoms with van der Waals surface area (Å²) in [5.74, 6) is 0.915. The highest BCUT2D eigenvalue weighted by Gasteiger charge is 1.81. The molecule has 0 rings (SSSR count). The summed E-state index contributed by atoms with van der Waals surface area (Å²) < 4.78 is 5.12. The molecule has 2 heteroatoms. The third-order valence-electron chi connectivity index (χ3n) is 0.960. The Balaban J connectivity index is 3.71. The fourth-order valence-electron chi connectivity index (χ4n) is 0.526. The first-order valence-electron chi connectivity index (χ1n) is 3.48. The minimum atomic E-state index is 0.915. The van der Waals surface area contributed by atoms with Crippen molar-refractivity contribution < 1.29 is 4.18 Å². The van der Waals surface area contributed by atoms with E-state index in [-0.39, 0.29) is 0 Å². The minimum Gasteiger partial charge on any atom is -0.431 e. The molecule has 0 aliphatic carbocycles. The van der Waals surface area contributed by atoms with Gasteiger partial charge in [-0.3, -0.25) is 0 Å². The standard InChI is InChI=1S/C9H14OS/c1-4-5-6-7-8-9(2)10-11-3/h4-8H,1-3H3/b5-4-,7-6-,9-8+. The average molecular weight is 170 g/mol. The molecule has 0 N–H and O–H groups in total. The van der Waals surface area contributed by atoms with E-state index in [1.165, 1.54) is 12.0 Å². The summed E-state index contributed by atoms with van der Waals surface area (Å²) in [6, 6.07) is 0. The second kappa shape index (κ2) is 7.48. The molecular weight excluding hydrogens is 156 g/mol. The first-order valence-corrected chi connectivity index (χ1v) is 4.63. The van der Waals surface area contributed by atoms with Crippen LogP contribution >= 0.6 is 12.0 Å². The van der Waals surface area contributed by atoms with Crippen molar-refractivity contribution >= 4 is 12.0 Å². The molecule has 0 aliphatic heterocycles. The monoisotopic (exact) mass is 170 g/mol. The summed E-state index contributed by atoms with van der Waals surface area (Å²) in [6.07, 6.45) is 11.7. The lowest BCUT2D eigenvalue weighted by Crippen LogP contribution is -1.72. The summed E-state index contributed by atoms with van der Waals surface area (Å²) in [5, 5.41) is 0. The SMILES string of the molecule is C\C=C/C=C\C=C(/C)OSC. The van der Waals surface area contributed by atoms with Crippen molar-refractivity contribution in [2.24, 2.45) is 0 Å². The Labute approximate surface area is 73.0 Å². The lowest BCUT2D eigenvalue weighted by Gasteiger charge is -1.96. The maximum atomic E-state index is 5.12. The Bertz CT molecular complexity index is 168. The molecule has 0 radical (unpaired) electrons. The van der Waals surface area contributed by atoms with E-state index < -0.39 is 0 Å². The molecule has 0 aromatic heterocycles. The highest BCUT2D eigenvalue weighted by molar-refractivity contribution is 7.94. The van der Waals surface area contributed by atoms with E-state index in [2.05, 4.69) is 0 Å². The maximum absolute atomic E-state index is 5.12. The number of hydrogen-bond donors (Lipinski definition) is 0. The number of allylic oxidation sites excluding steroid dienone is 6. The van der Waals surface area contributed by atoms with Gasteiger partial charge in [0.25, 0.3) is 0 Å². The van der Waals surface area contributed by atoms with Crippen molar-refractivity contribution in [2.75, 3.05) is 6.26 Å². The van der Waals surface area contributed by atoms with E-state index in [1.807, 2.05) is 50.5 Å². The van der Waals surface area contributed by atoms with Crippen LogP contribution in [-0.4, -0.2) is 6.26 Å². The van der Waals surface area contributed by atoms with Gasteiger partial charge in [0.1, 0.15) is 5.76 Å². The zero-order chi connectivity index (χ0) is 8.53. The largest absolute Gasteiger partial charge is 0.431 e. The van der Waals surface area contributed by atoms with Crippen LogP contribution in [0.25, 0.3) is 0 Å². The molecule has 0 unspecified atom stereocenters. The zero-order valence-electron chi connectivity index (χ0n) is 7.20. The smallest absolute Gasteiger partial charge is 0.111 e. The van der Waals surface area contributed by atoms with Gasteiger partial charge in [0.05, 0.1) is 12.0 Å². The Morgan fingerprint density at radius 1 is 1.27 bits per heavy atom. The van der Waals surface area contributed by atoms with Gasteiger partial charge in [-0.05, 0) is 19.9 Å². The van der Waals surface area contributed by atoms with Crippen molar-refractivity contribution in [1.82, 2.24) is 0 Å². The van der Waals surface area contributed by atoms with Gasteiger partial charge >= 0.3 is 0 Å². The van der Waals surface area contributed by atoms with Crippen molar-refractivity contribution in [3.05, 3.63) is 36.1 Å². The topological polar surface area (TPSA) is 9.23 Å². The second-order valence-corrected chi connectivity index (χ2v) is 2.44. The van der Waals surface area contributed by atoms with Crippen LogP contribution in [0.5, 0.6) is 0 Å². The normalized spacial score (nSPS) is 13.2. The molecule has 0 spiro atoms. The number of rotatable bonds is 4. The molecule has 0 aromatic rings. The Morgan fingerprint density at radius 2 is 2.00 bits per heavy atom. The molecular formula is C9H14OS. The molecule has 11 heavy (non-hydrogen) atoms. The molecule has 0 aromatic carbocycles. The molecule has 0 saturated heterocycles. The van der Waals surface area contributed by atoms with E-state index >= 15 is 0 Å². The quantitative estimate of drug-likeness (QED) is 0.363. The van der Waals surface area contributed by atoms with Gasteiger partial charge in [-0.2, -0.15) is 0 Å². The first-order chi connectivity index (χ1) is 5.31. The van der Waals surface area contributed by atoms with E-state index in [0.717, 1.165) is 5.76 Å². The summed E-state index contributed by atoms with van der Waals surface area (Å²) in [5.41, 5.74) is 0. The van der Waals surface area contributed by atoms with Crippen LogP contribution in [0.2, 0.25) is 0 Å². The predicted octanol–water partition coefficient (Wildman–Crippen LogP) is 3.32. The first kappa shape index (κ1) is 10.4. The lowest BCUT2D eigenvalue weighted by atomic mass is 10.4. The van der Waals surface area contributed by atoms with Gasteiger partial charge in [0, 0.05) is 6.26 Å². The molecule has 0 atom stereocenters. The van der Waals surface area contributed by atoms with Gasteiger partial charge in [0.2, 0.25) is 0 Å². The minimum absolute atomic E-state index is 0.915. The molecule has 62 valence electrons. The highest BCUT2D eigenvalue weighted by Crippen LogP contribution is 2.05. The van der Waals surface area contributed by atoms with Crippen LogP contribution in [0.15, 0.2) is 36.1 Å². The van der Waals surface area contributed by atoms with E-state index in [0.29, 0.717) is 0 Å². The van der Waals surface area contributed by atoms with Crippen LogP contribution in [0.4, 0.5) is 0 Å². The lowest BCUT2D eigenvalue weighted by molar-refractivity contribution is 0.504. The van der Waals surface area contributed by atoms with Crippen molar-refractivity contribution in [3.8, 4) is 0 Å². The summed E-state index contributed by atoms with van der Waals surface area (Å²) in [4.78, 5) is 0. The maximum Gasteiger partial charge on any atom is 0.111 e. The Kier molecular flexibility index (Phi) is 7.05. The summed E-state index contributed by atoms with van der Waals surface area (Å²) in [6.45, 7) is 3.91. The van der Waals surface area contributed by atoms with E-state index in [9.17, 15) is 0 Å². The van der Waals surface area contributed by atoms with Crippen LogP contribution in [0, 0.1) is 0 Å². The van der Waals surface area contributed by atoms with Crippen molar-refractivity contribution in [3.63, 3.8) is 0 Å². The van der Waals surface area contributed by atoms with Crippen molar-refractivity contribution in [2.45, 2.75) is 13.8 Å². The molecule has 0 bridgehead atoms. The van der Waals surface area contributed by atoms with Crippen LogP contribution in [-0.2, 0) is 4.18 Å². The predicted molar refractivity (Wildman–Crippen MR) is 52.3 cm³/mol. The molecule has 0 amide bonds. The third-order valence-corrected chi connectivity index (χ3v) is 1.39. The van der Waals surface area contributed by atoms with Gasteiger partial charge in [-0.1, -0.05) is 24.3 Å². The average Bonchev–Trinajstić information content (AvgIpc) is 1.99. The van der Waals surface area contributed by atoms with E-state index in [4.69, 9.17) is 4.18 Å². The molecule has 0 heterocycles. The Morgan fingerprint density at radius 3 is 2.55 bits per heavy atom. The van der Waals surface area contributed by atoms with Crippen LogP contribution in [0.3, 0.4) is 0 Å². The fraction of sp³-hybridized carbons (Fsp3) is 0.333. The molecule has 0 aliphatic rings. The summed E-state index contributed by atoms with van der Waals surface area (Å²) >= 11 is 1.35. The van der Waals surface area contributed by atoms with Gasteiger partial charge < -0.3 is 4.18 Å². The summed E-state index contributed by atoms with van der Waals surface area (Å²) in [7, 11) is 0. The third kappa shape index (κ3) is 7.26. The number of hydrogen-bond acceptors (Lipinski definition) is 2. The van der Waals surface area contributed by atoms with Crippen molar-refractivity contribution in [1.29, 1.82) is 0 Å². The molecule has 1 nitrogen and oxygen atoms in total. The highest BCUT2D eigenvalue weighted by atomic mass is 32.2. The van der Waals surface area contributed by atoms with E-state index in [1.54, 1.807) is 0 Å². The van der Waals surface area contributed by atoms with Crippen LogP contribution < -0.4 is 0 Å². The van der Waals surface area contributed by atoms with Gasteiger partial charge in [0.15, 0.2) is 0 Å². The Hall–Kier alpha value is -0.630. The van der Waals surface area contributed by atoms with Crippen LogP contribution in [0.1, 0.15) is 13.8 Å². The fourth-order valence-corrected chi connectivity index (χ4v) is 0.844. The van der Waals surface area contributed by atoms with Gasteiger partial charge in [-0.25, -0.2) is 0 Å². The second-order valence-electron chi connectivity index (χ2n) is 1.94. The molecule has 0 saturated carbocycles. The van der Waals surface area contributed by atoms with Gasteiger partial charge in [-0.15, -0.1) is 0 Å².